The Morgan fingerprint density at radius 2 is 1.86 bits per heavy atom. The van der Waals surface area contributed by atoms with Gasteiger partial charge in [0.05, 0.1) is 11.6 Å². The number of amides is 1. The molecule has 3 aromatic carbocycles. The fraction of sp³-hybridized carbons (Fsp3) is 0. The summed E-state index contributed by atoms with van der Waals surface area (Å²) in [7, 11) is 0. The lowest BCUT2D eigenvalue weighted by Crippen LogP contribution is -2.03. The third-order valence-corrected chi connectivity index (χ3v) is 4.70. The highest BCUT2D eigenvalue weighted by molar-refractivity contribution is 6.34. The Balaban J connectivity index is 1.48. The molecular weight excluding hydrogens is 350 g/mol. The van der Waals surface area contributed by atoms with E-state index in [1.54, 1.807) is 18.2 Å². The molecule has 4 aromatic rings. The molecule has 1 amide bonds. The monoisotopic (exact) mass is 363 g/mol. The standard InChI is InChI=1S/C23H13N3O2/c24-13-15-7-10-20-21(12-15)28-23(26-20)16-8-5-14(6-9-16)11-18-17-3-1-2-4-19(17)25-22(18)27/h1-12H,(H,25,27)/b18-11+. The van der Waals surface area contributed by atoms with E-state index in [9.17, 15) is 4.79 Å². The lowest BCUT2D eigenvalue weighted by Gasteiger charge is -2.00. The van der Waals surface area contributed by atoms with Crippen LogP contribution >= 0.6 is 0 Å². The van der Waals surface area contributed by atoms with Crippen molar-refractivity contribution in [3.8, 4) is 17.5 Å². The first-order valence-electron chi connectivity index (χ1n) is 8.75. The number of rotatable bonds is 2. The second-order valence-corrected chi connectivity index (χ2v) is 6.49. The molecule has 1 aliphatic rings. The van der Waals surface area contributed by atoms with Crippen LogP contribution < -0.4 is 5.32 Å². The topological polar surface area (TPSA) is 78.9 Å². The number of oxazole rings is 1. The van der Waals surface area contributed by atoms with E-state index in [1.807, 2.05) is 54.6 Å². The number of nitrogens with zero attached hydrogens (tertiary/aromatic N) is 2. The second kappa shape index (κ2) is 6.22. The van der Waals surface area contributed by atoms with E-state index in [0.29, 0.717) is 28.1 Å². The van der Waals surface area contributed by atoms with E-state index in [0.717, 1.165) is 22.4 Å². The molecule has 0 unspecified atom stereocenters. The Morgan fingerprint density at radius 1 is 1.04 bits per heavy atom. The smallest absolute Gasteiger partial charge is 0.256 e. The van der Waals surface area contributed by atoms with E-state index in [-0.39, 0.29) is 5.91 Å². The van der Waals surface area contributed by atoms with Gasteiger partial charge >= 0.3 is 0 Å². The van der Waals surface area contributed by atoms with Crippen molar-refractivity contribution in [1.82, 2.24) is 4.98 Å². The summed E-state index contributed by atoms with van der Waals surface area (Å²) in [5.41, 5.74) is 5.95. The van der Waals surface area contributed by atoms with Gasteiger partial charge in [-0.1, -0.05) is 30.3 Å². The summed E-state index contributed by atoms with van der Waals surface area (Å²) >= 11 is 0. The van der Waals surface area contributed by atoms with Gasteiger partial charge in [-0.25, -0.2) is 4.98 Å². The van der Waals surface area contributed by atoms with Crippen LogP contribution in [0.1, 0.15) is 16.7 Å². The van der Waals surface area contributed by atoms with Crippen molar-refractivity contribution in [1.29, 1.82) is 5.26 Å². The van der Waals surface area contributed by atoms with Crippen molar-refractivity contribution in [2.24, 2.45) is 0 Å². The highest BCUT2D eigenvalue weighted by Gasteiger charge is 2.23. The summed E-state index contributed by atoms with van der Waals surface area (Å²) in [4.78, 5) is 16.7. The van der Waals surface area contributed by atoms with Crippen molar-refractivity contribution in [3.05, 3.63) is 83.4 Å². The number of nitriles is 1. The van der Waals surface area contributed by atoms with Gasteiger partial charge < -0.3 is 9.73 Å². The first-order chi connectivity index (χ1) is 13.7. The molecule has 0 saturated heterocycles. The quantitative estimate of drug-likeness (QED) is 0.516. The van der Waals surface area contributed by atoms with Crippen LogP contribution in [0.2, 0.25) is 0 Å². The second-order valence-electron chi connectivity index (χ2n) is 6.49. The summed E-state index contributed by atoms with van der Waals surface area (Å²) in [6.07, 6.45) is 1.87. The number of para-hydroxylation sites is 1. The van der Waals surface area contributed by atoms with Gasteiger partial charge in [0.2, 0.25) is 5.89 Å². The molecule has 0 bridgehead atoms. The van der Waals surface area contributed by atoms with E-state index >= 15 is 0 Å². The van der Waals surface area contributed by atoms with Crippen LogP contribution in [0.5, 0.6) is 0 Å². The molecule has 0 atom stereocenters. The zero-order chi connectivity index (χ0) is 19.1. The molecule has 2 heterocycles. The van der Waals surface area contributed by atoms with Crippen LogP contribution in [0.15, 0.2) is 71.1 Å². The van der Waals surface area contributed by atoms with Crippen LogP contribution in [0.3, 0.4) is 0 Å². The first-order valence-corrected chi connectivity index (χ1v) is 8.75. The van der Waals surface area contributed by atoms with Crippen LogP contribution in [0.25, 0.3) is 34.2 Å². The normalized spacial score (nSPS) is 14.1. The van der Waals surface area contributed by atoms with Gasteiger partial charge in [0, 0.05) is 28.5 Å². The van der Waals surface area contributed by atoms with Gasteiger partial charge in [-0.05, 0) is 42.0 Å². The fourth-order valence-electron chi connectivity index (χ4n) is 3.29. The largest absolute Gasteiger partial charge is 0.436 e. The first kappa shape index (κ1) is 16.0. The Bertz CT molecular complexity index is 1310. The molecule has 132 valence electrons. The number of nitrogens with one attached hydrogen (secondary N) is 1. The summed E-state index contributed by atoms with van der Waals surface area (Å²) in [6.45, 7) is 0. The Kier molecular flexibility index (Phi) is 3.56. The zero-order valence-electron chi connectivity index (χ0n) is 14.6. The van der Waals surface area contributed by atoms with Gasteiger partial charge in [0.15, 0.2) is 5.58 Å². The molecule has 1 N–H and O–H groups in total. The molecule has 28 heavy (non-hydrogen) atoms. The molecule has 0 fully saturated rings. The van der Waals surface area contributed by atoms with Crippen LogP contribution in [-0.4, -0.2) is 10.9 Å². The van der Waals surface area contributed by atoms with Crippen molar-refractivity contribution in [2.75, 3.05) is 5.32 Å². The average molecular weight is 363 g/mol. The number of fused-ring (bicyclic) bond motifs is 2. The maximum atomic E-state index is 12.2. The predicted molar refractivity (Wildman–Crippen MR) is 107 cm³/mol. The fourth-order valence-corrected chi connectivity index (χ4v) is 3.29. The number of anilines is 1. The summed E-state index contributed by atoms with van der Waals surface area (Å²) < 4.78 is 5.79. The van der Waals surface area contributed by atoms with Gasteiger partial charge in [-0.3, -0.25) is 4.79 Å². The Hall–Kier alpha value is -4.17. The molecule has 1 aliphatic heterocycles. The molecule has 0 spiro atoms. The van der Waals surface area contributed by atoms with Gasteiger partial charge in [-0.2, -0.15) is 5.26 Å². The third-order valence-electron chi connectivity index (χ3n) is 4.70. The summed E-state index contributed by atoms with van der Waals surface area (Å²) in [5.74, 6) is 0.394. The maximum absolute atomic E-state index is 12.2. The minimum absolute atomic E-state index is 0.0995. The number of benzene rings is 3. The third kappa shape index (κ3) is 2.65. The van der Waals surface area contributed by atoms with E-state index in [1.165, 1.54) is 0 Å². The zero-order valence-corrected chi connectivity index (χ0v) is 14.6. The van der Waals surface area contributed by atoms with Crippen molar-refractivity contribution < 1.29 is 9.21 Å². The predicted octanol–water partition coefficient (Wildman–Crippen LogP) is 4.86. The number of hydrogen-bond acceptors (Lipinski definition) is 4. The number of carbonyl (C=O) groups excluding carboxylic acids is 1. The Labute approximate surface area is 160 Å². The molecule has 5 rings (SSSR count). The van der Waals surface area contributed by atoms with E-state index in [4.69, 9.17) is 9.68 Å². The molecule has 5 heteroatoms. The Morgan fingerprint density at radius 3 is 2.68 bits per heavy atom. The number of aromatic nitrogens is 1. The number of hydrogen-bond donors (Lipinski definition) is 1. The lowest BCUT2D eigenvalue weighted by molar-refractivity contribution is -0.110. The minimum atomic E-state index is -0.0995. The summed E-state index contributed by atoms with van der Waals surface area (Å²) in [5, 5.41) is 11.9. The molecule has 0 radical (unpaired) electrons. The highest BCUT2D eigenvalue weighted by Crippen LogP contribution is 2.33. The highest BCUT2D eigenvalue weighted by atomic mass is 16.3. The van der Waals surface area contributed by atoms with Crippen LogP contribution in [0, 0.1) is 11.3 Å². The molecule has 5 nitrogen and oxygen atoms in total. The van der Waals surface area contributed by atoms with Crippen LogP contribution in [0.4, 0.5) is 5.69 Å². The maximum Gasteiger partial charge on any atom is 0.256 e. The van der Waals surface area contributed by atoms with E-state index < -0.39 is 0 Å². The molecule has 1 aromatic heterocycles. The molecule has 0 saturated carbocycles. The SMILES string of the molecule is N#Cc1ccc2nc(-c3ccc(/C=C4/C(=O)Nc5ccccc54)cc3)oc2c1. The lowest BCUT2D eigenvalue weighted by atomic mass is 10.0. The average Bonchev–Trinajstić information content (AvgIpc) is 3.29. The van der Waals surface area contributed by atoms with Gasteiger partial charge in [0.25, 0.3) is 5.91 Å². The van der Waals surface area contributed by atoms with Gasteiger partial charge in [0.1, 0.15) is 5.52 Å². The molecular formula is C23H13N3O2. The number of carbonyl (C=O) groups is 1. The minimum Gasteiger partial charge on any atom is -0.436 e. The van der Waals surface area contributed by atoms with Crippen molar-refractivity contribution >= 4 is 34.3 Å². The molecule has 0 aliphatic carbocycles. The van der Waals surface area contributed by atoms with E-state index in [2.05, 4.69) is 16.4 Å². The van der Waals surface area contributed by atoms with Crippen molar-refractivity contribution in [3.63, 3.8) is 0 Å². The summed E-state index contributed by atoms with van der Waals surface area (Å²) in [6, 6.07) is 22.6. The van der Waals surface area contributed by atoms with Crippen LogP contribution in [-0.2, 0) is 4.79 Å². The van der Waals surface area contributed by atoms with Gasteiger partial charge in [-0.15, -0.1) is 0 Å². The van der Waals surface area contributed by atoms with Crippen molar-refractivity contribution in [2.45, 2.75) is 0 Å².